The average molecular weight is 255 g/mol. The van der Waals surface area contributed by atoms with Gasteiger partial charge in [-0.3, -0.25) is 0 Å². The van der Waals surface area contributed by atoms with Crippen LogP contribution in [0.3, 0.4) is 0 Å². The van der Waals surface area contributed by atoms with Crippen LogP contribution in [0.15, 0.2) is 30.3 Å². The lowest BCUT2D eigenvalue weighted by molar-refractivity contribution is 0.266. The first-order valence-corrected chi connectivity index (χ1v) is 7.45. The third-order valence-corrected chi connectivity index (χ3v) is 4.76. The number of hydrogen-bond donors (Lipinski definition) is 0. The molecule has 0 unspecified atom stereocenters. The third-order valence-electron chi connectivity index (χ3n) is 2.81. The molecule has 17 heavy (non-hydrogen) atoms. The Morgan fingerprint density at radius 1 is 1.18 bits per heavy atom. The zero-order valence-corrected chi connectivity index (χ0v) is 10.5. The van der Waals surface area contributed by atoms with Gasteiger partial charge in [0.15, 0.2) is 0 Å². The molecule has 0 aromatic heterocycles. The van der Waals surface area contributed by atoms with E-state index >= 15 is 0 Å². The van der Waals surface area contributed by atoms with E-state index in [4.69, 9.17) is 4.74 Å². The molecule has 94 valence electrons. The Labute approximate surface area is 102 Å². The van der Waals surface area contributed by atoms with E-state index in [2.05, 4.69) is 0 Å². The summed E-state index contributed by atoms with van der Waals surface area (Å²) in [7, 11) is -3.02. The molecule has 4 nitrogen and oxygen atoms in total. The molecule has 1 aliphatic heterocycles. The molecule has 0 N–H and O–H groups in total. The van der Waals surface area contributed by atoms with E-state index in [1.165, 1.54) is 4.31 Å². The van der Waals surface area contributed by atoms with Crippen molar-refractivity contribution in [1.29, 1.82) is 0 Å². The minimum Gasteiger partial charge on any atom is -0.492 e. The molecule has 0 radical (unpaired) electrons. The molecule has 0 saturated carbocycles. The average Bonchev–Trinajstić information content (AvgIpc) is 2.32. The van der Waals surface area contributed by atoms with Crippen molar-refractivity contribution in [2.45, 2.75) is 12.8 Å². The Hall–Kier alpha value is -1.07. The molecule has 0 spiro atoms. The summed E-state index contributed by atoms with van der Waals surface area (Å²) in [6.07, 6.45) is 1.73. The normalized spacial score (nSPS) is 20.0. The summed E-state index contributed by atoms with van der Waals surface area (Å²) in [6.45, 7) is 1.47. The van der Waals surface area contributed by atoms with E-state index in [-0.39, 0.29) is 5.75 Å². The molecule has 5 heteroatoms. The molecule has 1 saturated heterocycles. The van der Waals surface area contributed by atoms with Gasteiger partial charge in [0, 0.05) is 13.1 Å². The zero-order chi connectivity index (χ0) is 12.1. The van der Waals surface area contributed by atoms with E-state index in [1.54, 1.807) is 0 Å². The fourth-order valence-electron chi connectivity index (χ4n) is 1.87. The summed E-state index contributed by atoms with van der Waals surface area (Å²) in [5.74, 6) is 1.06. The summed E-state index contributed by atoms with van der Waals surface area (Å²) >= 11 is 0. The van der Waals surface area contributed by atoms with Crippen molar-refractivity contribution in [2.24, 2.45) is 0 Å². The number of rotatable bonds is 4. The lowest BCUT2D eigenvalue weighted by atomic mass is 10.3. The number of nitrogens with zero attached hydrogens (tertiary/aromatic N) is 1. The highest BCUT2D eigenvalue weighted by atomic mass is 32.2. The Bertz CT molecular complexity index is 444. The van der Waals surface area contributed by atoms with Gasteiger partial charge in [-0.15, -0.1) is 0 Å². The fraction of sp³-hybridized carbons (Fsp3) is 0.500. The molecule has 0 amide bonds. The Morgan fingerprint density at radius 2 is 1.94 bits per heavy atom. The summed E-state index contributed by atoms with van der Waals surface area (Å²) < 4.78 is 30.4. The van der Waals surface area contributed by atoms with Crippen molar-refractivity contribution in [3.05, 3.63) is 30.3 Å². The highest BCUT2D eigenvalue weighted by molar-refractivity contribution is 7.89. The first-order chi connectivity index (χ1) is 8.18. The van der Waals surface area contributed by atoms with Gasteiger partial charge < -0.3 is 4.74 Å². The predicted octanol–water partition coefficient (Wildman–Crippen LogP) is 1.49. The van der Waals surface area contributed by atoms with Gasteiger partial charge in [0.1, 0.15) is 12.4 Å². The summed E-state index contributed by atoms with van der Waals surface area (Å²) in [5, 5.41) is 0. The summed E-state index contributed by atoms with van der Waals surface area (Å²) in [5.41, 5.74) is 0. The first-order valence-electron chi connectivity index (χ1n) is 5.84. The maximum absolute atomic E-state index is 11.7. The lowest BCUT2D eigenvalue weighted by Crippen LogP contribution is -2.40. The molecule has 0 aliphatic carbocycles. The van der Waals surface area contributed by atoms with Crippen molar-refractivity contribution >= 4 is 10.0 Å². The van der Waals surface area contributed by atoms with Gasteiger partial charge in [0.25, 0.3) is 0 Å². The zero-order valence-electron chi connectivity index (χ0n) is 9.71. The van der Waals surface area contributed by atoms with Crippen LogP contribution in [0.2, 0.25) is 0 Å². The Balaban J connectivity index is 1.82. The fourth-order valence-corrected chi connectivity index (χ4v) is 3.46. The van der Waals surface area contributed by atoms with E-state index < -0.39 is 10.0 Å². The molecule has 1 heterocycles. The standard InChI is InChI=1S/C12H17NO3S/c14-17(15)11-5-4-8-13(17)9-10-16-12-6-2-1-3-7-12/h1-3,6-7H,4-5,8-11H2. The van der Waals surface area contributed by atoms with Crippen LogP contribution in [0.5, 0.6) is 5.75 Å². The second kappa shape index (κ2) is 5.51. The van der Waals surface area contributed by atoms with E-state index in [0.717, 1.165) is 18.6 Å². The smallest absolute Gasteiger partial charge is 0.214 e. The molecular weight excluding hydrogens is 238 g/mol. The minimum absolute atomic E-state index is 0.276. The topological polar surface area (TPSA) is 46.6 Å². The van der Waals surface area contributed by atoms with Gasteiger partial charge in [0.2, 0.25) is 10.0 Å². The molecule has 1 fully saturated rings. The summed E-state index contributed by atoms with van der Waals surface area (Å²) in [4.78, 5) is 0. The molecule has 1 aromatic carbocycles. The van der Waals surface area contributed by atoms with Crippen LogP contribution in [-0.2, 0) is 10.0 Å². The van der Waals surface area contributed by atoms with Crippen molar-refractivity contribution in [3.63, 3.8) is 0 Å². The molecular formula is C12H17NO3S. The van der Waals surface area contributed by atoms with Gasteiger partial charge in [-0.05, 0) is 25.0 Å². The maximum atomic E-state index is 11.7. The molecule has 0 bridgehead atoms. The van der Waals surface area contributed by atoms with Crippen molar-refractivity contribution in [2.75, 3.05) is 25.4 Å². The van der Waals surface area contributed by atoms with Gasteiger partial charge in [0.05, 0.1) is 5.75 Å². The lowest BCUT2D eigenvalue weighted by Gasteiger charge is -2.25. The van der Waals surface area contributed by atoms with Crippen LogP contribution in [0.4, 0.5) is 0 Å². The van der Waals surface area contributed by atoms with Gasteiger partial charge >= 0.3 is 0 Å². The van der Waals surface area contributed by atoms with Crippen molar-refractivity contribution < 1.29 is 13.2 Å². The highest BCUT2D eigenvalue weighted by Gasteiger charge is 2.25. The number of sulfonamides is 1. The van der Waals surface area contributed by atoms with Crippen LogP contribution in [0.1, 0.15) is 12.8 Å². The van der Waals surface area contributed by atoms with Crippen LogP contribution >= 0.6 is 0 Å². The number of para-hydroxylation sites is 1. The largest absolute Gasteiger partial charge is 0.492 e. The number of benzene rings is 1. The van der Waals surface area contributed by atoms with Gasteiger partial charge in [-0.2, -0.15) is 4.31 Å². The molecule has 1 aliphatic rings. The maximum Gasteiger partial charge on any atom is 0.214 e. The van der Waals surface area contributed by atoms with E-state index in [9.17, 15) is 8.42 Å². The Morgan fingerprint density at radius 3 is 2.65 bits per heavy atom. The minimum atomic E-state index is -3.02. The van der Waals surface area contributed by atoms with Crippen LogP contribution in [-0.4, -0.2) is 38.2 Å². The molecule has 2 rings (SSSR count). The van der Waals surface area contributed by atoms with E-state index in [1.807, 2.05) is 30.3 Å². The third kappa shape index (κ3) is 3.44. The SMILES string of the molecule is O=S1(=O)CCCCN1CCOc1ccccc1. The van der Waals surface area contributed by atoms with Crippen LogP contribution < -0.4 is 4.74 Å². The van der Waals surface area contributed by atoms with Crippen LogP contribution in [0, 0.1) is 0 Å². The van der Waals surface area contributed by atoms with Gasteiger partial charge in [-0.25, -0.2) is 8.42 Å². The number of hydrogen-bond acceptors (Lipinski definition) is 3. The van der Waals surface area contributed by atoms with Gasteiger partial charge in [-0.1, -0.05) is 18.2 Å². The van der Waals surface area contributed by atoms with Crippen molar-refractivity contribution in [1.82, 2.24) is 4.31 Å². The predicted molar refractivity (Wildman–Crippen MR) is 66.5 cm³/mol. The monoisotopic (exact) mass is 255 g/mol. The van der Waals surface area contributed by atoms with Crippen molar-refractivity contribution in [3.8, 4) is 5.75 Å². The van der Waals surface area contributed by atoms with E-state index in [0.29, 0.717) is 19.7 Å². The quantitative estimate of drug-likeness (QED) is 0.819. The van der Waals surface area contributed by atoms with Crippen LogP contribution in [0.25, 0.3) is 0 Å². The highest BCUT2D eigenvalue weighted by Crippen LogP contribution is 2.13. The Kier molecular flexibility index (Phi) is 4.02. The second-order valence-corrected chi connectivity index (χ2v) is 6.17. The molecule has 1 aromatic rings. The first kappa shape index (κ1) is 12.4. The molecule has 0 atom stereocenters. The summed E-state index contributed by atoms with van der Waals surface area (Å²) in [6, 6.07) is 9.44. The second-order valence-electron chi connectivity index (χ2n) is 4.08. The number of ether oxygens (including phenoxy) is 1.